The van der Waals surface area contributed by atoms with Crippen LogP contribution >= 0.6 is 0 Å². The average Bonchev–Trinajstić information content (AvgIpc) is 3.35. The standard InChI is InChI=1S/C23H36O5/c1-3-5-8-12-18(27-22(26)4-2)14-15-19-17(16-20-23(19)28-20)11-9-6-7-10-13-21(24)25/h6,9,14-15,17-20,23H,3-5,7-8,10-13,16H2,1-2H3,(H,24,25)/b9-6-,15-14+/t17-,18-,19+,20?,23?/m0/s1. The minimum atomic E-state index is -0.733. The van der Waals surface area contributed by atoms with Gasteiger partial charge >= 0.3 is 11.9 Å². The van der Waals surface area contributed by atoms with Crippen molar-refractivity contribution in [2.75, 3.05) is 0 Å². The van der Waals surface area contributed by atoms with Gasteiger partial charge < -0.3 is 14.6 Å². The van der Waals surface area contributed by atoms with Crippen molar-refractivity contribution >= 4 is 11.9 Å². The number of hydrogen-bond acceptors (Lipinski definition) is 4. The Morgan fingerprint density at radius 2 is 2.04 bits per heavy atom. The normalized spacial score (nSPS) is 27.2. The smallest absolute Gasteiger partial charge is 0.306 e. The predicted octanol–water partition coefficient (Wildman–Crippen LogP) is 5.05. The largest absolute Gasteiger partial charge is 0.481 e. The van der Waals surface area contributed by atoms with E-state index in [-0.39, 0.29) is 18.5 Å². The van der Waals surface area contributed by atoms with Crippen LogP contribution in [0.3, 0.4) is 0 Å². The summed E-state index contributed by atoms with van der Waals surface area (Å²) in [6.45, 7) is 4.00. The first-order valence-electron chi connectivity index (χ1n) is 10.9. The van der Waals surface area contributed by atoms with E-state index in [4.69, 9.17) is 14.6 Å². The van der Waals surface area contributed by atoms with Crippen LogP contribution in [0.4, 0.5) is 0 Å². The van der Waals surface area contributed by atoms with E-state index in [1.165, 1.54) is 0 Å². The molecule has 1 saturated heterocycles. The fraction of sp³-hybridized carbons (Fsp3) is 0.739. The van der Waals surface area contributed by atoms with E-state index in [0.717, 1.165) is 44.9 Å². The number of epoxide rings is 1. The molecule has 2 fully saturated rings. The molecule has 0 bridgehead atoms. The van der Waals surface area contributed by atoms with Crippen molar-refractivity contribution in [2.45, 2.75) is 96.4 Å². The number of hydrogen-bond donors (Lipinski definition) is 1. The second kappa shape index (κ2) is 12.1. The first-order chi connectivity index (χ1) is 13.5. The Morgan fingerprint density at radius 1 is 1.21 bits per heavy atom. The maximum atomic E-state index is 11.7. The van der Waals surface area contributed by atoms with Crippen LogP contribution in [0.25, 0.3) is 0 Å². The number of carboxylic acids is 1. The van der Waals surface area contributed by atoms with Crippen LogP contribution in [-0.4, -0.2) is 35.4 Å². The van der Waals surface area contributed by atoms with Gasteiger partial charge in [0.15, 0.2) is 0 Å². The maximum absolute atomic E-state index is 11.7. The molecule has 0 aromatic rings. The third-order valence-corrected chi connectivity index (χ3v) is 5.66. The number of unbranched alkanes of at least 4 members (excludes halogenated alkanes) is 3. The van der Waals surface area contributed by atoms with E-state index in [1.807, 2.05) is 6.92 Å². The van der Waals surface area contributed by atoms with Crippen LogP contribution in [-0.2, 0) is 19.1 Å². The number of esters is 1. The molecule has 0 aromatic heterocycles. The van der Waals surface area contributed by atoms with Gasteiger partial charge in [-0.1, -0.05) is 44.9 Å². The highest BCUT2D eigenvalue weighted by Gasteiger charge is 2.53. The van der Waals surface area contributed by atoms with Gasteiger partial charge in [0.05, 0.1) is 12.2 Å². The van der Waals surface area contributed by atoms with E-state index in [1.54, 1.807) is 0 Å². The molecule has 1 aliphatic heterocycles. The lowest BCUT2D eigenvalue weighted by Gasteiger charge is -2.19. The van der Waals surface area contributed by atoms with E-state index >= 15 is 0 Å². The first-order valence-corrected chi connectivity index (χ1v) is 10.9. The summed E-state index contributed by atoms with van der Waals surface area (Å²) in [6, 6.07) is 0. The third kappa shape index (κ3) is 7.78. The molecule has 1 N–H and O–H groups in total. The Hall–Kier alpha value is -1.62. The predicted molar refractivity (Wildman–Crippen MR) is 109 cm³/mol. The summed E-state index contributed by atoms with van der Waals surface area (Å²) in [4.78, 5) is 22.3. The summed E-state index contributed by atoms with van der Waals surface area (Å²) in [6.07, 6.45) is 17.6. The lowest BCUT2D eigenvalue weighted by atomic mass is 9.90. The highest BCUT2D eigenvalue weighted by atomic mass is 16.6. The molecule has 2 rings (SSSR count). The molecule has 2 aliphatic rings. The maximum Gasteiger partial charge on any atom is 0.306 e. The minimum Gasteiger partial charge on any atom is -0.481 e. The van der Waals surface area contributed by atoms with Crippen molar-refractivity contribution in [3.05, 3.63) is 24.3 Å². The molecule has 5 atom stereocenters. The number of allylic oxidation sites excluding steroid dienone is 2. The van der Waals surface area contributed by atoms with Gasteiger partial charge in [-0.2, -0.15) is 0 Å². The van der Waals surface area contributed by atoms with Crippen molar-refractivity contribution in [1.29, 1.82) is 0 Å². The molecule has 1 saturated carbocycles. The van der Waals surface area contributed by atoms with Crippen LogP contribution in [0.15, 0.2) is 24.3 Å². The zero-order valence-corrected chi connectivity index (χ0v) is 17.3. The second-order valence-corrected chi connectivity index (χ2v) is 7.97. The van der Waals surface area contributed by atoms with Crippen LogP contribution in [0.5, 0.6) is 0 Å². The van der Waals surface area contributed by atoms with E-state index < -0.39 is 5.97 Å². The molecule has 2 unspecified atom stereocenters. The number of aliphatic carboxylic acids is 1. The van der Waals surface area contributed by atoms with Crippen LogP contribution in [0.2, 0.25) is 0 Å². The summed E-state index contributed by atoms with van der Waals surface area (Å²) >= 11 is 0. The quantitative estimate of drug-likeness (QED) is 0.194. The molecule has 0 amide bonds. The zero-order valence-electron chi connectivity index (χ0n) is 17.3. The lowest BCUT2D eigenvalue weighted by molar-refractivity contribution is -0.146. The number of fused-ring (bicyclic) bond motifs is 1. The van der Waals surface area contributed by atoms with Crippen molar-refractivity contribution in [1.82, 2.24) is 0 Å². The second-order valence-electron chi connectivity index (χ2n) is 7.97. The van der Waals surface area contributed by atoms with Gasteiger partial charge in [-0.3, -0.25) is 9.59 Å². The number of carbonyl (C=O) groups excluding carboxylic acids is 1. The van der Waals surface area contributed by atoms with E-state index in [2.05, 4.69) is 31.2 Å². The van der Waals surface area contributed by atoms with E-state index in [0.29, 0.717) is 36.9 Å². The van der Waals surface area contributed by atoms with Crippen molar-refractivity contribution in [3.63, 3.8) is 0 Å². The Kier molecular flexibility index (Phi) is 9.76. The number of ether oxygens (including phenoxy) is 2. The molecule has 1 heterocycles. The highest BCUT2D eigenvalue weighted by molar-refractivity contribution is 5.69. The number of carboxylic acid groups (broad SMARTS) is 1. The Balaban J connectivity index is 1.84. The molecule has 0 radical (unpaired) electrons. The fourth-order valence-corrected chi connectivity index (χ4v) is 3.98. The zero-order chi connectivity index (χ0) is 20.4. The van der Waals surface area contributed by atoms with Gasteiger partial charge in [-0.05, 0) is 50.5 Å². The summed E-state index contributed by atoms with van der Waals surface area (Å²) in [5, 5.41) is 8.68. The van der Waals surface area contributed by atoms with Gasteiger partial charge in [-0.15, -0.1) is 0 Å². The SMILES string of the molecule is CCCCC[C@@H](/C=C/[C@H]1C2OC2C[C@@H]1C/C=C\CCCC(=O)O)OC(=O)CC. The summed E-state index contributed by atoms with van der Waals surface area (Å²) < 4.78 is 11.4. The molecule has 0 spiro atoms. The monoisotopic (exact) mass is 392 g/mol. The summed E-state index contributed by atoms with van der Waals surface area (Å²) in [5.74, 6) is 0.0550. The van der Waals surface area contributed by atoms with Crippen LogP contribution in [0, 0.1) is 11.8 Å². The molecule has 0 aromatic carbocycles. The van der Waals surface area contributed by atoms with Crippen LogP contribution in [0.1, 0.15) is 78.1 Å². The van der Waals surface area contributed by atoms with Crippen molar-refractivity contribution < 1.29 is 24.2 Å². The molecular formula is C23H36O5. The third-order valence-electron chi connectivity index (χ3n) is 5.66. The molecule has 28 heavy (non-hydrogen) atoms. The highest BCUT2D eigenvalue weighted by Crippen LogP contribution is 2.49. The summed E-state index contributed by atoms with van der Waals surface area (Å²) in [7, 11) is 0. The number of carbonyl (C=O) groups is 2. The van der Waals surface area contributed by atoms with Crippen molar-refractivity contribution in [2.24, 2.45) is 11.8 Å². The van der Waals surface area contributed by atoms with Gasteiger partial charge in [0.25, 0.3) is 0 Å². The first kappa shape index (κ1) is 22.7. The topological polar surface area (TPSA) is 76.1 Å². The minimum absolute atomic E-state index is 0.135. The van der Waals surface area contributed by atoms with Gasteiger partial charge in [0, 0.05) is 18.8 Å². The molecular weight excluding hydrogens is 356 g/mol. The van der Waals surface area contributed by atoms with Gasteiger partial charge in [0.1, 0.15) is 6.10 Å². The fourth-order valence-electron chi connectivity index (χ4n) is 3.98. The Morgan fingerprint density at radius 3 is 2.75 bits per heavy atom. The Bertz CT molecular complexity index is 553. The summed E-state index contributed by atoms with van der Waals surface area (Å²) in [5.41, 5.74) is 0. The van der Waals surface area contributed by atoms with Crippen LogP contribution < -0.4 is 0 Å². The van der Waals surface area contributed by atoms with Gasteiger partial charge in [0.2, 0.25) is 0 Å². The van der Waals surface area contributed by atoms with E-state index in [9.17, 15) is 9.59 Å². The average molecular weight is 393 g/mol. The molecule has 158 valence electrons. The number of rotatable bonds is 14. The Labute approximate surface area is 169 Å². The van der Waals surface area contributed by atoms with Gasteiger partial charge in [-0.25, -0.2) is 0 Å². The molecule has 5 heteroatoms. The molecule has 5 nitrogen and oxygen atoms in total. The lowest BCUT2D eigenvalue weighted by Crippen LogP contribution is -2.17. The van der Waals surface area contributed by atoms with Crippen molar-refractivity contribution in [3.8, 4) is 0 Å². The molecule has 1 aliphatic carbocycles.